The highest BCUT2D eigenvalue weighted by Gasteiger charge is 2.08. The molecule has 4 aromatic rings. The van der Waals surface area contributed by atoms with Crippen molar-refractivity contribution < 1.29 is 0 Å². The fourth-order valence-corrected chi connectivity index (χ4v) is 3.77. The lowest BCUT2D eigenvalue weighted by Gasteiger charge is -2.07. The van der Waals surface area contributed by atoms with E-state index in [2.05, 4.69) is 65.0 Å². The maximum atomic E-state index is 4.89. The molecule has 0 unspecified atom stereocenters. The molecule has 0 atom stereocenters. The van der Waals surface area contributed by atoms with Crippen LogP contribution in [0.1, 0.15) is 12.5 Å². The third-order valence-corrected chi connectivity index (χ3v) is 5.27. The average molecular weight is 357 g/mol. The first-order valence-corrected chi connectivity index (χ1v) is 9.38. The number of fused-ring (bicyclic) bond motifs is 1. The fourth-order valence-electron chi connectivity index (χ4n) is 2.98. The smallest absolute Gasteiger partial charge is 0.205 e. The van der Waals surface area contributed by atoms with Gasteiger partial charge in [-0.2, -0.15) is 5.10 Å². The maximum absolute atomic E-state index is 4.89. The van der Waals surface area contributed by atoms with Gasteiger partial charge >= 0.3 is 0 Å². The first kappa shape index (κ1) is 16.5. The number of hydrogen-bond donors (Lipinski definition) is 0. The molecule has 0 amide bonds. The molecule has 0 spiro atoms. The van der Waals surface area contributed by atoms with Crippen LogP contribution >= 0.6 is 11.3 Å². The zero-order valence-electron chi connectivity index (χ0n) is 14.8. The number of nitrogens with zero attached hydrogens (tertiary/aromatic N) is 3. The van der Waals surface area contributed by atoms with Gasteiger partial charge in [-0.25, -0.2) is 4.68 Å². The molecule has 0 saturated carbocycles. The van der Waals surface area contributed by atoms with Crippen LogP contribution in [0, 0.1) is 0 Å². The van der Waals surface area contributed by atoms with E-state index in [9.17, 15) is 0 Å². The van der Waals surface area contributed by atoms with Crippen molar-refractivity contribution >= 4 is 27.8 Å². The lowest BCUT2D eigenvalue weighted by molar-refractivity contribution is 0.842. The minimum absolute atomic E-state index is 0.879. The third-order valence-electron chi connectivity index (χ3n) is 4.36. The molecular weight excluding hydrogens is 338 g/mol. The van der Waals surface area contributed by atoms with E-state index in [4.69, 9.17) is 5.10 Å². The number of aromatic nitrogens is 1. The number of benzene rings is 3. The van der Waals surface area contributed by atoms with Crippen LogP contribution in [0.15, 0.2) is 88.3 Å². The molecule has 0 aliphatic heterocycles. The lowest BCUT2D eigenvalue weighted by atomic mass is 10.0. The second kappa shape index (κ2) is 7.10. The van der Waals surface area contributed by atoms with Crippen molar-refractivity contribution in [2.45, 2.75) is 6.92 Å². The van der Waals surface area contributed by atoms with Crippen LogP contribution < -0.4 is 4.80 Å². The molecule has 3 aromatic carbocycles. The molecule has 1 aromatic heterocycles. The van der Waals surface area contributed by atoms with Crippen molar-refractivity contribution in [2.24, 2.45) is 10.1 Å². The van der Waals surface area contributed by atoms with Gasteiger partial charge < -0.3 is 0 Å². The van der Waals surface area contributed by atoms with Crippen LogP contribution in [-0.2, 0) is 0 Å². The summed E-state index contributed by atoms with van der Waals surface area (Å²) in [6.45, 7) is 2.04. The predicted molar refractivity (Wildman–Crippen MR) is 111 cm³/mol. The van der Waals surface area contributed by atoms with Crippen molar-refractivity contribution in [2.75, 3.05) is 7.05 Å². The van der Waals surface area contributed by atoms with Gasteiger partial charge in [0.2, 0.25) is 4.80 Å². The van der Waals surface area contributed by atoms with Gasteiger partial charge in [0.15, 0.2) is 0 Å². The fraction of sp³-hybridized carbons (Fsp3) is 0.0909. The summed E-state index contributed by atoms with van der Waals surface area (Å²) in [6.07, 6.45) is 0. The molecule has 0 N–H and O–H groups in total. The van der Waals surface area contributed by atoms with Crippen LogP contribution in [0.25, 0.3) is 22.0 Å². The SMILES string of the molecule is CN=c1scc(-c2ccccc2)n1N=C(C)c1ccc2ccccc2c1. The van der Waals surface area contributed by atoms with Gasteiger partial charge in [-0.05, 0) is 29.3 Å². The summed E-state index contributed by atoms with van der Waals surface area (Å²) in [5.41, 5.74) is 4.26. The van der Waals surface area contributed by atoms with Gasteiger partial charge in [0, 0.05) is 18.0 Å². The zero-order valence-corrected chi connectivity index (χ0v) is 15.6. The topological polar surface area (TPSA) is 29.6 Å². The first-order chi connectivity index (χ1) is 12.8. The minimum Gasteiger partial charge on any atom is -0.261 e. The quantitative estimate of drug-likeness (QED) is 0.453. The second-order valence-corrected chi connectivity index (χ2v) is 6.89. The summed E-state index contributed by atoms with van der Waals surface area (Å²) in [5, 5.41) is 9.46. The standard InChI is InChI=1S/C22H19N3S/c1-16(19-13-12-17-8-6-7-11-20(17)14-19)24-25-21(15-26-22(25)23-2)18-9-4-3-5-10-18/h3-15H,1-2H3. The molecule has 0 fully saturated rings. The summed E-state index contributed by atoms with van der Waals surface area (Å²) in [5.74, 6) is 0. The van der Waals surface area contributed by atoms with E-state index in [1.165, 1.54) is 10.8 Å². The monoisotopic (exact) mass is 357 g/mol. The minimum atomic E-state index is 0.879. The summed E-state index contributed by atoms with van der Waals surface area (Å²) in [6, 6.07) is 25.1. The van der Waals surface area contributed by atoms with Gasteiger partial charge in [-0.3, -0.25) is 4.99 Å². The van der Waals surface area contributed by atoms with Gasteiger partial charge in [0.1, 0.15) is 0 Å². The van der Waals surface area contributed by atoms with Crippen molar-refractivity contribution in [3.05, 3.63) is 88.5 Å². The Kier molecular flexibility index (Phi) is 4.50. The number of hydrogen-bond acceptors (Lipinski definition) is 3. The van der Waals surface area contributed by atoms with E-state index in [-0.39, 0.29) is 0 Å². The molecule has 4 rings (SSSR count). The Hall–Kier alpha value is -2.98. The molecule has 26 heavy (non-hydrogen) atoms. The largest absolute Gasteiger partial charge is 0.261 e. The molecule has 0 bridgehead atoms. The second-order valence-electron chi connectivity index (χ2n) is 6.05. The Morgan fingerprint density at radius 3 is 2.38 bits per heavy atom. The predicted octanol–water partition coefficient (Wildman–Crippen LogP) is 5.17. The van der Waals surface area contributed by atoms with Crippen molar-refractivity contribution in [3.63, 3.8) is 0 Å². The number of thiazole rings is 1. The Bertz CT molecular complexity index is 1150. The number of rotatable bonds is 3. The van der Waals surface area contributed by atoms with Gasteiger partial charge in [-0.1, -0.05) is 66.7 Å². The highest BCUT2D eigenvalue weighted by Crippen LogP contribution is 2.21. The highest BCUT2D eigenvalue weighted by molar-refractivity contribution is 7.07. The van der Waals surface area contributed by atoms with Gasteiger partial charge in [0.25, 0.3) is 0 Å². The van der Waals surface area contributed by atoms with Crippen LogP contribution in [0.4, 0.5) is 0 Å². The van der Waals surface area contributed by atoms with E-state index in [0.717, 1.165) is 27.3 Å². The van der Waals surface area contributed by atoms with E-state index < -0.39 is 0 Å². The van der Waals surface area contributed by atoms with Gasteiger partial charge in [0.05, 0.1) is 11.4 Å². The molecule has 4 heteroatoms. The summed E-state index contributed by atoms with van der Waals surface area (Å²) < 4.78 is 1.94. The molecule has 1 heterocycles. The summed E-state index contributed by atoms with van der Waals surface area (Å²) in [4.78, 5) is 5.27. The summed E-state index contributed by atoms with van der Waals surface area (Å²) in [7, 11) is 1.80. The summed E-state index contributed by atoms with van der Waals surface area (Å²) >= 11 is 1.60. The molecular formula is C22H19N3S. The Balaban J connectivity index is 1.83. The molecule has 128 valence electrons. The molecule has 0 radical (unpaired) electrons. The molecule has 0 saturated heterocycles. The zero-order chi connectivity index (χ0) is 17.9. The van der Waals surface area contributed by atoms with E-state index in [1.807, 2.05) is 29.8 Å². The van der Waals surface area contributed by atoms with E-state index in [1.54, 1.807) is 18.4 Å². The molecule has 3 nitrogen and oxygen atoms in total. The van der Waals surface area contributed by atoms with Crippen LogP contribution in [0.3, 0.4) is 0 Å². The lowest BCUT2D eigenvalue weighted by Crippen LogP contribution is -2.13. The van der Waals surface area contributed by atoms with Crippen LogP contribution in [0.5, 0.6) is 0 Å². The van der Waals surface area contributed by atoms with Crippen LogP contribution in [0.2, 0.25) is 0 Å². The maximum Gasteiger partial charge on any atom is 0.205 e. The van der Waals surface area contributed by atoms with Crippen molar-refractivity contribution in [1.82, 2.24) is 4.68 Å². The normalized spacial score (nSPS) is 12.7. The van der Waals surface area contributed by atoms with Crippen molar-refractivity contribution in [3.8, 4) is 11.3 Å². The van der Waals surface area contributed by atoms with Crippen LogP contribution in [-0.4, -0.2) is 17.4 Å². The van der Waals surface area contributed by atoms with Crippen molar-refractivity contribution in [1.29, 1.82) is 0 Å². The molecule has 0 aliphatic carbocycles. The molecule has 0 aliphatic rings. The average Bonchev–Trinajstić information content (AvgIpc) is 3.10. The Morgan fingerprint density at radius 2 is 1.62 bits per heavy atom. The third kappa shape index (κ3) is 3.11. The van der Waals surface area contributed by atoms with E-state index >= 15 is 0 Å². The van der Waals surface area contributed by atoms with E-state index in [0.29, 0.717) is 0 Å². The Morgan fingerprint density at radius 1 is 0.885 bits per heavy atom. The highest BCUT2D eigenvalue weighted by atomic mass is 32.1. The Labute approximate surface area is 156 Å². The first-order valence-electron chi connectivity index (χ1n) is 8.50. The van der Waals surface area contributed by atoms with Gasteiger partial charge in [-0.15, -0.1) is 11.3 Å².